The summed E-state index contributed by atoms with van der Waals surface area (Å²) in [6, 6.07) is 13.4. The molecule has 110 valence electrons. The van der Waals surface area contributed by atoms with Gasteiger partial charge < -0.3 is 15.2 Å². The highest BCUT2D eigenvalue weighted by Gasteiger charge is 2.29. The summed E-state index contributed by atoms with van der Waals surface area (Å²) in [7, 11) is 1.63. The Morgan fingerprint density at radius 1 is 1.29 bits per heavy atom. The number of fused-ring (bicyclic) bond motifs is 1. The monoisotopic (exact) mass is 303 g/mol. The third kappa shape index (κ3) is 2.77. The van der Waals surface area contributed by atoms with Gasteiger partial charge in [-0.3, -0.25) is 0 Å². The molecule has 2 N–H and O–H groups in total. The maximum atomic E-state index is 6.47. The smallest absolute Gasteiger partial charge is 0.123 e. The average Bonchev–Trinajstić information content (AvgIpc) is 2.53. The maximum Gasteiger partial charge on any atom is 0.123 e. The van der Waals surface area contributed by atoms with Crippen molar-refractivity contribution in [3.8, 4) is 5.75 Å². The third-order valence-corrected chi connectivity index (χ3v) is 4.14. The molecule has 0 radical (unpaired) electrons. The fourth-order valence-electron chi connectivity index (χ4n) is 2.85. The van der Waals surface area contributed by atoms with E-state index in [1.54, 1.807) is 13.2 Å². The van der Waals surface area contributed by atoms with Gasteiger partial charge in [-0.25, -0.2) is 0 Å². The van der Waals surface area contributed by atoms with E-state index in [4.69, 9.17) is 26.8 Å². The molecule has 2 aromatic carbocycles. The second-order valence-corrected chi connectivity index (χ2v) is 5.59. The van der Waals surface area contributed by atoms with Crippen LogP contribution < -0.4 is 10.5 Å². The van der Waals surface area contributed by atoms with E-state index in [2.05, 4.69) is 12.1 Å². The van der Waals surface area contributed by atoms with Crippen molar-refractivity contribution in [2.45, 2.75) is 18.6 Å². The highest BCUT2D eigenvalue weighted by Crippen LogP contribution is 2.39. The average molecular weight is 304 g/mol. The van der Waals surface area contributed by atoms with E-state index in [1.807, 2.05) is 24.3 Å². The number of methoxy groups -OCH3 is 1. The Bertz CT molecular complexity index is 644. The van der Waals surface area contributed by atoms with Gasteiger partial charge in [0.2, 0.25) is 0 Å². The number of benzene rings is 2. The summed E-state index contributed by atoms with van der Waals surface area (Å²) in [6.07, 6.45) is 0.744. The molecule has 0 saturated carbocycles. The van der Waals surface area contributed by atoms with Crippen LogP contribution in [-0.2, 0) is 11.2 Å². The van der Waals surface area contributed by atoms with Crippen LogP contribution in [0.3, 0.4) is 0 Å². The summed E-state index contributed by atoms with van der Waals surface area (Å²) >= 11 is 6.11. The summed E-state index contributed by atoms with van der Waals surface area (Å²) in [5, 5.41) is 0.644. The van der Waals surface area contributed by atoms with E-state index in [1.165, 1.54) is 5.56 Å². The van der Waals surface area contributed by atoms with Gasteiger partial charge in [-0.1, -0.05) is 35.9 Å². The maximum absolute atomic E-state index is 6.47. The zero-order valence-corrected chi connectivity index (χ0v) is 12.6. The molecule has 1 aliphatic rings. The minimum absolute atomic E-state index is 0.178. The molecule has 0 saturated heterocycles. The number of hydrogen-bond donors (Lipinski definition) is 1. The lowest BCUT2D eigenvalue weighted by atomic mass is 9.90. The SMILES string of the molecule is COc1ccc(Cl)cc1C(N)C1OCCc2ccccc21. The molecule has 0 aliphatic carbocycles. The second kappa shape index (κ2) is 6.06. The predicted octanol–water partition coefficient (Wildman–Crippen LogP) is 3.66. The van der Waals surface area contributed by atoms with E-state index in [-0.39, 0.29) is 12.1 Å². The van der Waals surface area contributed by atoms with E-state index in [0.717, 1.165) is 23.3 Å². The number of nitrogens with two attached hydrogens (primary N) is 1. The predicted molar refractivity (Wildman–Crippen MR) is 83.8 cm³/mol. The molecular weight excluding hydrogens is 286 g/mol. The van der Waals surface area contributed by atoms with Gasteiger partial charge in [0.15, 0.2) is 0 Å². The lowest BCUT2D eigenvalue weighted by molar-refractivity contribution is 0.0236. The van der Waals surface area contributed by atoms with Crippen LogP contribution in [0.15, 0.2) is 42.5 Å². The standard InChI is InChI=1S/C17H18ClNO2/c1-20-15-7-6-12(18)10-14(15)16(19)17-13-5-3-2-4-11(13)8-9-21-17/h2-7,10,16-17H,8-9,19H2,1H3. The van der Waals surface area contributed by atoms with Crippen molar-refractivity contribution in [1.29, 1.82) is 0 Å². The van der Waals surface area contributed by atoms with Crippen LogP contribution >= 0.6 is 11.6 Å². The minimum Gasteiger partial charge on any atom is -0.496 e. The Morgan fingerprint density at radius 2 is 2.10 bits per heavy atom. The minimum atomic E-state index is -0.319. The van der Waals surface area contributed by atoms with Gasteiger partial charge in [0.05, 0.1) is 19.8 Å². The quantitative estimate of drug-likeness (QED) is 0.941. The van der Waals surface area contributed by atoms with Crippen molar-refractivity contribution in [2.24, 2.45) is 5.73 Å². The first-order valence-corrected chi connectivity index (χ1v) is 7.37. The van der Waals surface area contributed by atoms with Crippen LogP contribution in [0.4, 0.5) is 0 Å². The Morgan fingerprint density at radius 3 is 2.90 bits per heavy atom. The van der Waals surface area contributed by atoms with Crippen LogP contribution in [0.2, 0.25) is 5.02 Å². The number of rotatable bonds is 3. The molecule has 2 aromatic rings. The van der Waals surface area contributed by atoms with Crippen LogP contribution in [0, 0.1) is 0 Å². The Balaban J connectivity index is 2.00. The van der Waals surface area contributed by atoms with Crippen molar-refractivity contribution in [1.82, 2.24) is 0 Å². The highest BCUT2D eigenvalue weighted by atomic mass is 35.5. The van der Waals surface area contributed by atoms with Gasteiger partial charge >= 0.3 is 0 Å². The molecule has 2 unspecified atom stereocenters. The fourth-order valence-corrected chi connectivity index (χ4v) is 3.03. The summed E-state index contributed by atoms with van der Waals surface area (Å²) < 4.78 is 11.3. The molecule has 0 spiro atoms. The molecule has 2 atom stereocenters. The van der Waals surface area contributed by atoms with Crippen molar-refractivity contribution in [2.75, 3.05) is 13.7 Å². The van der Waals surface area contributed by atoms with Crippen molar-refractivity contribution in [3.05, 3.63) is 64.2 Å². The first-order valence-electron chi connectivity index (χ1n) is 6.99. The zero-order valence-electron chi connectivity index (χ0n) is 11.9. The van der Waals surface area contributed by atoms with Gasteiger partial charge in [-0.15, -0.1) is 0 Å². The molecule has 1 aliphatic heterocycles. The Hall–Kier alpha value is -1.55. The molecule has 1 heterocycles. The molecule has 0 aromatic heterocycles. The van der Waals surface area contributed by atoms with E-state index in [0.29, 0.717) is 11.6 Å². The van der Waals surface area contributed by atoms with Crippen molar-refractivity contribution in [3.63, 3.8) is 0 Å². The molecule has 0 bridgehead atoms. The molecular formula is C17H18ClNO2. The van der Waals surface area contributed by atoms with Crippen LogP contribution in [0.1, 0.15) is 28.8 Å². The number of ether oxygens (including phenoxy) is 2. The normalized spacial score (nSPS) is 18.9. The lowest BCUT2D eigenvalue weighted by Crippen LogP contribution is -2.27. The zero-order chi connectivity index (χ0) is 14.8. The van der Waals surface area contributed by atoms with Gasteiger partial charge in [0, 0.05) is 10.6 Å². The molecule has 21 heavy (non-hydrogen) atoms. The van der Waals surface area contributed by atoms with Crippen LogP contribution in [0.25, 0.3) is 0 Å². The summed E-state index contributed by atoms with van der Waals surface area (Å²) in [5.41, 5.74) is 9.78. The Kier molecular flexibility index (Phi) is 4.15. The van der Waals surface area contributed by atoms with Crippen molar-refractivity contribution < 1.29 is 9.47 Å². The first-order chi connectivity index (χ1) is 10.2. The van der Waals surface area contributed by atoms with E-state index in [9.17, 15) is 0 Å². The largest absolute Gasteiger partial charge is 0.496 e. The fraction of sp³-hybridized carbons (Fsp3) is 0.294. The molecule has 0 amide bonds. The Labute approximate surface area is 129 Å². The topological polar surface area (TPSA) is 44.5 Å². The summed E-state index contributed by atoms with van der Waals surface area (Å²) in [4.78, 5) is 0. The molecule has 4 heteroatoms. The van der Waals surface area contributed by atoms with Gasteiger partial charge in [-0.2, -0.15) is 0 Å². The second-order valence-electron chi connectivity index (χ2n) is 5.15. The van der Waals surface area contributed by atoms with Crippen LogP contribution in [-0.4, -0.2) is 13.7 Å². The van der Waals surface area contributed by atoms with Gasteiger partial charge in [-0.05, 0) is 35.7 Å². The van der Waals surface area contributed by atoms with E-state index >= 15 is 0 Å². The summed E-state index contributed by atoms with van der Waals surface area (Å²) in [5.74, 6) is 0.735. The first kappa shape index (κ1) is 14.4. The summed E-state index contributed by atoms with van der Waals surface area (Å²) in [6.45, 7) is 0.679. The number of hydrogen-bond acceptors (Lipinski definition) is 3. The van der Waals surface area contributed by atoms with Gasteiger partial charge in [0.25, 0.3) is 0 Å². The van der Waals surface area contributed by atoms with Gasteiger partial charge in [0.1, 0.15) is 11.9 Å². The third-order valence-electron chi connectivity index (χ3n) is 3.91. The molecule has 0 fully saturated rings. The molecule has 3 nitrogen and oxygen atoms in total. The van der Waals surface area contributed by atoms with E-state index < -0.39 is 0 Å². The number of halogens is 1. The van der Waals surface area contributed by atoms with Crippen LogP contribution in [0.5, 0.6) is 5.75 Å². The lowest BCUT2D eigenvalue weighted by Gasteiger charge is -2.31. The highest BCUT2D eigenvalue weighted by molar-refractivity contribution is 6.30. The van der Waals surface area contributed by atoms with Crippen molar-refractivity contribution >= 4 is 11.6 Å². The molecule has 3 rings (SSSR count).